The van der Waals surface area contributed by atoms with E-state index in [0.717, 1.165) is 25.8 Å². The van der Waals surface area contributed by atoms with Crippen molar-refractivity contribution in [1.82, 2.24) is 4.90 Å². The van der Waals surface area contributed by atoms with Crippen LogP contribution >= 0.6 is 0 Å². The maximum absolute atomic E-state index is 11.8. The van der Waals surface area contributed by atoms with Gasteiger partial charge in [-0.1, -0.05) is 0 Å². The molecule has 5 nitrogen and oxygen atoms in total. The first-order valence-corrected chi connectivity index (χ1v) is 6.21. The van der Waals surface area contributed by atoms with Crippen molar-refractivity contribution in [2.45, 2.75) is 38.6 Å². The van der Waals surface area contributed by atoms with Crippen molar-refractivity contribution in [2.75, 3.05) is 13.1 Å². The number of carbonyl (C=O) groups is 2. The molecule has 2 aliphatic rings. The maximum atomic E-state index is 11.8. The number of aliphatic carboxylic acids is 1. The van der Waals surface area contributed by atoms with Gasteiger partial charge < -0.3 is 15.7 Å². The van der Waals surface area contributed by atoms with E-state index >= 15 is 0 Å². The summed E-state index contributed by atoms with van der Waals surface area (Å²) in [5.74, 6) is -0.931. The molecule has 1 amide bonds. The predicted molar refractivity (Wildman–Crippen MR) is 62.3 cm³/mol. The topological polar surface area (TPSA) is 83.6 Å². The van der Waals surface area contributed by atoms with Crippen molar-refractivity contribution >= 4 is 11.9 Å². The first-order valence-electron chi connectivity index (χ1n) is 6.21. The van der Waals surface area contributed by atoms with Gasteiger partial charge in [0.2, 0.25) is 5.91 Å². The standard InChI is InChI=1S/C12H20N2O3/c1-8(13)10(15)14-5-4-12(7-14)3-2-9(6-12)11(16)17/h8-9H,2-7,13H2,1H3,(H,16,17)/t8-,9+,12+/m0/s1. The molecule has 0 radical (unpaired) electrons. The van der Waals surface area contributed by atoms with Gasteiger partial charge in [-0.05, 0) is 38.0 Å². The summed E-state index contributed by atoms with van der Waals surface area (Å²) >= 11 is 0. The lowest BCUT2D eigenvalue weighted by molar-refractivity contribution is -0.141. The summed E-state index contributed by atoms with van der Waals surface area (Å²) in [6.45, 7) is 3.12. The van der Waals surface area contributed by atoms with Gasteiger partial charge in [-0.15, -0.1) is 0 Å². The molecular weight excluding hydrogens is 220 g/mol. The number of carboxylic acid groups (broad SMARTS) is 1. The second kappa shape index (κ2) is 4.29. The van der Waals surface area contributed by atoms with Gasteiger partial charge in [-0.3, -0.25) is 9.59 Å². The number of nitrogens with zero attached hydrogens (tertiary/aromatic N) is 1. The van der Waals surface area contributed by atoms with Crippen LogP contribution in [-0.2, 0) is 9.59 Å². The van der Waals surface area contributed by atoms with Crippen LogP contribution in [0.25, 0.3) is 0 Å². The average molecular weight is 240 g/mol. The largest absolute Gasteiger partial charge is 0.481 e. The summed E-state index contributed by atoms with van der Waals surface area (Å²) in [6, 6.07) is -0.457. The molecule has 1 aliphatic heterocycles. The Morgan fingerprint density at radius 3 is 2.71 bits per heavy atom. The Morgan fingerprint density at radius 2 is 2.18 bits per heavy atom. The highest BCUT2D eigenvalue weighted by atomic mass is 16.4. The summed E-state index contributed by atoms with van der Waals surface area (Å²) in [7, 11) is 0. The second-order valence-corrected chi connectivity index (χ2v) is 5.58. The quantitative estimate of drug-likeness (QED) is 0.733. The Bertz CT molecular complexity index is 343. The van der Waals surface area contributed by atoms with Crippen LogP contribution in [0.4, 0.5) is 0 Å². The number of hydrogen-bond donors (Lipinski definition) is 2. The van der Waals surface area contributed by atoms with Gasteiger partial charge >= 0.3 is 5.97 Å². The maximum Gasteiger partial charge on any atom is 0.306 e. The smallest absolute Gasteiger partial charge is 0.306 e. The molecule has 2 fully saturated rings. The number of nitrogens with two attached hydrogens (primary N) is 1. The van der Waals surface area contributed by atoms with Gasteiger partial charge in [0.1, 0.15) is 0 Å². The van der Waals surface area contributed by atoms with Crippen LogP contribution in [-0.4, -0.2) is 41.0 Å². The van der Waals surface area contributed by atoms with Crippen molar-refractivity contribution in [1.29, 1.82) is 0 Å². The molecule has 3 N–H and O–H groups in total. The molecule has 1 heterocycles. The van der Waals surface area contributed by atoms with Gasteiger partial charge in [0.15, 0.2) is 0 Å². The minimum absolute atomic E-state index is 0.0133. The molecule has 2 rings (SSSR count). The zero-order valence-electron chi connectivity index (χ0n) is 10.2. The number of amides is 1. The van der Waals surface area contributed by atoms with Gasteiger partial charge in [-0.25, -0.2) is 0 Å². The Kier molecular flexibility index (Phi) is 3.12. The zero-order chi connectivity index (χ0) is 12.6. The van der Waals surface area contributed by atoms with E-state index in [9.17, 15) is 9.59 Å². The van der Waals surface area contributed by atoms with Gasteiger partial charge in [0, 0.05) is 13.1 Å². The number of likely N-dealkylation sites (tertiary alicyclic amines) is 1. The summed E-state index contributed by atoms with van der Waals surface area (Å²) < 4.78 is 0. The second-order valence-electron chi connectivity index (χ2n) is 5.58. The average Bonchev–Trinajstić information content (AvgIpc) is 2.86. The molecule has 5 heteroatoms. The monoisotopic (exact) mass is 240 g/mol. The fraction of sp³-hybridized carbons (Fsp3) is 0.833. The van der Waals surface area contributed by atoms with Crippen LogP contribution in [0.15, 0.2) is 0 Å². The van der Waals surface area contributed by atoms with Crippen molar-refractivity contribution in [3.63, 3.8) is 0 Å². The number of carboxylic acids is 1. The Hall–Kier alpha value is -1.10. The van der Waals surface area contributed by atoms with Crippen LogP contribution in [0.2, 0.25) is 0 Å². The summed E-state index contributed by atoms with van der Waals surface area (Å²) in [6.07, 6.45) is 3.31. The minimum Gasteiger partial charge on any atom is -0.481 e. The molecule has 1 saturated carbocycles. The molecule has 3 atom stereocenters. The Balaban J connectivity index is 1.98. The third-order valence-electron chi connectivity index (χ3n) is 4.19. The SMILES string of the molecule is C[C@H](N)C(=O)N1CC[C@@]2(CC[C@@H](C(=O)O)C2)C1. The lowest BCUT2D eigenvalue weighted by atomic mass is 9.84. The Morgan fingerprint density at radius 1 is 1.47 bits per heavy atom. The van der Waals surface area contributed by atoms with E-state index in [-0.39, 0.29) is 17.2 Å². The van der Waals surface area contributed by atoms with E-state index in [1.54, 1.807) is 11.8 Å². The molecule has 96 valence electrons. The molecular formula is C12H20N2O3. The highest BCUT2D eigenvalue weighted by Crippen LogP contribution is 2.48. The summed E-state index contributed by atoms with van der Waals surface area (Å²) in [5.41, 5.74) is 5.64. The molecule has 17 heavy (non-hydrogen) atoms. The lowest BCUT2D eigenvalue weighted by Gasteiger charge is -2.24. The molecule has 1 spiro atoms. The molecule has 0 bridgehead atoms. The minimum atomic E-state index is -0.696. The van der Waals surface area contributed by atoms with Gasteiger partial charge in [0.05, 0.1) is 12.0 Å². The Labute approximate surface area is 101 Å². The van der Waals surface area contributed by atoms with Crippen LogP contribution in [0.3, 0.4) is 0 Å². The van der Waals surface area contributed by atoms with Crippen molar-refractivity contribution in [3.8, 4) is 0 Å². The van der Waals surface area contributed by atoms with E-state index in [0.29, 0.717) is 13.0 Å². The van der Waals surface area contributed by atoms with E-state index in [2.05, 4.69) is 0 Å². The van der Waals surface area contributed by atoms with E-state index in [1.165, 1.54) is 0 Å². The van der Waals surface area contributed by atoms with E-state index < -0.39 is 12.0 Å². The molecule has 0 aromatic rings. The summed E-state index contributed by atoms with van der Waals surface area (Å²) in [5, 5.41) is 9.02. The van der Waals surface area contributed by atoms with E-state index in [4.69, 9.17) is 10.8 Å². The lowest BCUT2D eigenvalue weighted by Crippen LogP contribution is -2.41. The fourth-order valence-corrected chi connectivity index (χ4v) is 3.20. The fourth-order valence-electron chi connectivity index (χ4n) is 3.20. The number of carbonyl (C=O) groups excluding carboxylic acids is 1. The number of hydrogen-bond acceptors (Lipinski definition) is 3. The van der Waals surface area contributed by atoms with Crippen molar-refractivity contribution < 1.29 is 14.7 Å². The van der Waals surface area contributed by atoms with Gasteiger partial charge in [0.25, 0.3) is 0 Å². The summed E-state index contributed by atoms with van der Waals surface area (Å²) in [4.78, 5) is 24.6. The predicted octanol–water partition coefficient (Wildman–Crippen LogP) is 0.437. The third-order valence-corrected chi connectivity index (χ3v) is 4.19. The third kappa shape index (κ3) is 2.29. The first kappa shape index (κ1) is 12.4. The zero-order valence-corrected chi connectivity index (χ0v) is 10.2. The highest BCUT2D eigenvalue weighted by Gasteiger charge is 2.47. The normalized spacial score (nSPS) is 34.2. The molecule has 0 aromatic heterocycles. The molecule has 0 unspecified atom stereocenters. The van der Waals surface area contributed by atoms with Gasteiger partial charge in [-0.2, -0.15) is 0 Å². The number of rotatable bonds is 2. The van der Waals surface area contributed by atoms with Crippen molar-refractivity contribution in [3.05, 3.63) is 0 Å². The highest BCUT2D eigenvalue weighted by molar-refractivity contribution is 5.81. The van der Waals surface area contributed by atoms with E-state index in [1.807, 2.05) is 0 Å². The molecule has 1 aliphatic carbocycles. The van der Waals surface area contributed by atoms with Crippen LogP contribution in [0, 0.1) is 11.3 Å². The molecule has 1 saturated heterocycles. The molecule has 0 aromatic carbocycles. The van der Waals surface area contributed by atoms with Crippen LogP contribution < -0.4 is 5.73 Å². The first-order chi connectivity index (χ1) is 7.93. The van der Waals surface area contributed by atoms with Crippen LogP contribution in [0.5, 0.6) is 0 Å². The van der Waals surface area contributed by atoms with Crippen LogP contribution in [0.1, 0.15) is 32.6 Å². The van der Waals surface area contributed by atoms with Crippen molar-refractivity contribution in [2.24, 2.45) is 17.1 Å².